The van der Waals surface area contributed by atoms with Crippen molar-refractivity contribution in [2.24, 2.45) is 0 Å². The Kier molecular flexibility index (Phi) is 16.4. The van der Waals surface area contributed by atoms with E-state index in [0.717, 1.165) is 25.7 Å². The summed E-state index contributed by atoms with van der Waals surface area (Å²) in [5, 5.41) is 0. The van der Waals surface area contributed by atoms with E-state index >= 15 is 0 Å². The van der Waals surface area contributed by atoms with Crippen molar-refractivity contribution in [1.29, 1.82) is 0 Å². The SMILES string of the molecule is CCC[CH2][Sn+2][CH2]CCC.[O-]P([O-])OC1CCCCC1. The van der Waals surface area contributed by atoms with Crippen molar-refractivity contribution in [2.75, 3.05) is 0 Å². The van der Waals surface area contributed by atoms with Crippen LogP contribution in [0.25, 0.3) is 0 Å². The summed E-state index contributed by atoms with van der Waals surface area (Å²) in [5.74, 6) is 0. The zero-order valence-electron chi connectivity index (χ0n) is 12.5. The van der Waals surface area contributed by atoms with Crippen LogP contribution in [-0.4, -0.2) is 27.2 Å². The quantitative estimate of drug-likeness (QED) is 0.360. The van der Waals surface area contributed by atoms with E-state index in [9.17, 15) is 9.79 Å². The molecule has 0 amide bonds. The van der Waals surface area contributed by atoms with E-state index in [-0.39, 0.29) is 27.2 Å². The summed E-state index contributed by atoms with van der Waals surface area (Å²) in [5.41, 5.74) is 0. The first kappa shape index (κ1) is 20.1. The summed E-state index contributed by atoms with van der Waals surface area (Å²) in [6, 6.07) is 0. The molecule has 19 heavy (non-hydrogen) atoms. The number of unbranched alkanes of at least 4 members (excludes halogenated alkanes) is 2. The van der Waals surface area contributed by atoms with Gasteiger partial charge in [0.1, 0.15) is 0 Å². The van der Waals surface area contributed by atoms with Gasteiger partial charge >= 0.3 is 69.5 Å². The smallest absolute Gasteiger partial charge is 0.0585 e. The Morgan fingerprint density at radius 1 is 1.00 bits per heavy atom. The Morgan fingerprint density at radius 3 is 1.95 bits per heavy atom. The normalized spacial score (nSPS) is 15.8. The molecule has 112 valence electrons. The van der Waals surface area contributed by atoms with Crippen LogP contribution in [-0.2, 0) is 4.52 Å². The molecule has 1 aliphatic rings. The molecule has 1 saturated carbocycles. The second-order valence-electron chi connectivity index (χ2n) is 5.05. The molecule has 0 saturated heterocycles. The Labute approximate surface area is 130 Å². The predicted molar refractivity (Wildman–Crippen MR) is 80.1 cm³/mol. The molecule has 1 rings (SSSR count). The fraction of sp³-hybridized carbons (Fsp3) is 1.00. The Bertz CT molecular complexity index is 170. The number of hydrogen-bond acceptors (Lipinski definition) is 3. The van der Waals surface area contributed by atoms with Gasteiger partial charge in [-0.05, 0) is 12.8 Å². The van der Waals surface area contributed by atoms with Gasteiger partial charge in [-0.25, -0.2) is 0 Å². The first-order chi connectivity index (χ1) is 9.20. The van der Waals surface area contributed by atoms with Crippen molar-refractivity contribution in [2.45, 2.75) is 86.6 Å². The molecular weight excluding hydrogens is 366 g/mol. The Hall–Kier alpha value is 1.11. The standard InChI is InChI=1S/C6H11O3P.2C4H9.Sn/c7-10(8)9-6-4-2-1-3-5-6;2*1-3-4-2;/h6H,1-5H2;2*1,3-4H2,2H3;/q-2;;;+2. The number of hydrogen-bond donors (Lipinski definition) is 0. The van der Waals surface area contributed by atoms with E-state index in [4.69, 9.17) is 0 Å². The minimum Gasteiger partial charge on any atom is -0.820 e. The third-order valence-electron chi connectivity index (χ3n) is 3.20. The summed E-state index contributed by atoms with van der Waals surface area (Å²) in [7, 11) is -2.62. The molecule has 5 heteroatoms. The molecule has 0 radical (unpaired) electrons. The summed E-state index contributed by atoms with van der Waals surface area (Å²) in [6.07, 6.45) is 11.1. The maximum atomic E-state index is 10.1. The molecule has 0 aliphatic heterocycles. The van der Waals surface area contributed by atoms with Gasteiger partial charge in [0.15, 0.2) is 0 Å². The fourth-order valence-corrected chi connectivity index (χ4v) is 6.63. The van der Waals surface area contributed by atoms with Crippen LogP contribution in [0.4, 0.5) is 0 Å². The van der Waals surface area contributed by atoms with E-state index in [2.05, 4.69) is 18.4 Å². The van der Waals surface area contributed by atoms with Crippen LogP contribution in [0.1, 0.15) is 71.6 Å². The topological polar surface area (TPSA) is 55.3 Å². The Balaban J connectivity index is 0.000000344. The second kappa shape index (κ2) is 15.5. The summed E-state index contributed by atoms with van der Waals surface area (Å²) >= 11 is 0.149. The molecule has 0 unspecified atom stereocenters. The van der Waals surface area contributed by atoms with Gasteiger partial charge in [0, 0.05) is 0 Å². The first-order valence-electron chi connectivity index (χ1n) is 7.72. The van der Waals surface area contributed by atoms with Gasteiger partial charge in [-0.15, -0.1) is 0 Å². The maximum absolute atomic E-state index is 10.1. The van der Waals surface area contributed by atoms with Crippen LogP contribution in [0.3, 0.4) is 0 Å². The van der Waals surface area contributed by atoms with Gasteiger partial charge in [0.25, 0.3) is 0 Å². The van der Waals surface area contributed by atoms with E-state index in [1.807, 2.05) is 0 Å². The molecule has 0 bridgehead atoms. The average molecular weight is 395 g/mol. The summed E-state index contributed by atoms with van der Waals surface area (Å²) < 4.78 is 7.89. The van der Waals surface area contributed by atoms with Crippen molar-refractivity contribution in [3.05, 3.63) is 0 Å². The van der Waals surface area contributed by atoms with Crippen LogP contribution >= 0.6 is 8.60 Å². The minimum absolute atomic E-state index is 0.0186. The van der Waals surface area contributed by atoms with E-state index in [1.54, 1.807) is 8.87 Å². The molecule has 3 nitrogen and oxygen atoms in total. The van der Waals surface area contributed by atoms with E-state index in [1.165, 1.54) is 32.1 Å². The third kappa shape index (κ3) is 15.3. The summed E-state index contributed by atoms with van der Waals surface area (Å²) in [4.78, 5) is 20.2. The molecule has 1 fully saturated rings. The van der Waals surface area contributed by atoms with Crippen molar-refractivity contribution >= 4 is 29.7 Å². The average Bonchev–Trinajstić information content (AvgIpc) is 2.40. The molecule has 1 aliphatic carbocycles. The molecular formula is C14H29O3PSn. The molecule has 0 N–H and O–H groups in total. The van der Waals surface area contributed by atoms with Crippen molar-refractivity contribution in [3.8, 4) is 0 Å². The zero-order valence-corrected chi connectivity index (χ0v) is 16.3. The van der Waals surface area contributed by atoms with Gasteiger partial charge in [-0.1, -0.05) is 19.3 Å². The van der Waals surface area contributed by atoms with Crippen molar-refractivity contribution < 1.29 is 14.3 Å². The van der Waals surface area contributed by atoms with Gasteiger partial charge < -0.3 is 14.3 Å². The predicted octanol–water partition coefficient (Wildman–Crippen LogP) is 3.41. The van der Waals surface area contributed by atoms with Crippen LogP contribution in [0.15, 0.2) is 0 Å². The van der Waals surface area contributed by atoms with Gasteiger partial charge in [-0.2, -0.15) is 8.60 Å². The molecule has 0 aromatic heterocycles. The fourth-order valence-electron chi connectivity index (χ4n) is 2.02. The third-order valence-corrected chi connectivity index (χ3v) is 7.71. The van der Waals surface area contributed by atoms with E-state index < -0.39 is 8.60 Å². The van der Waals surface area contributed by atoms with Crippen LogP contribution < -0.4 is 9.79 Å². The second-order valence-corrected chi connectivity index (χ2v) is 9.99. The molecule has 0 aromatic carbocycles. The largest absolute Gasteiger partial charge is 0.820 e. The summed E-state index contributed by atoms with van der Waals surface area (Å²) in [6.45, 7) is 4.58. The number of rotatable bonds is 8. The van der Waals surface area contributed by atoms with Gasteiger partial charge in [0.2, 0.25) is 0 Å². The van der Waals surface area contributed by atoms with Gasteiger partial charge in [0.05, 0.1) is 6.10 Å². The Morgan fingerprint density at radius 2 is 1.53 bits per heavy atom. The van der Waals surface area contributed by atoms with Crippen molar-refractivity contribution in [3.63, 3.8) is 0 Å². The zero-order chi connectivity index (χ0) is 14.3. The van der Waals surface area contributed by atoms with Crippen LogP contribution in [0.2, 0.25) is 8.87 Å². The maximum Gasteiger partial charge on any atom is 0.0585 e. The molecule has 0 atom stereocenters. The molecule has 0 aromatic rings. The molecule has 0 heterocycles. The van der Waals surface area contributed by atoms with Crippen LogP contribution in [0, 0.1) is 0 Å². The van der Waals surface area contributed by atoms with Gasteiger partial charge in [-0.3, -0.25) is 0 Å². The van der Waals surface area contributed by atoms with Crippen molar-refractivity contribution in [1.82, 2.24) is 0 Å². The first-order valence-corrected chi connectivity index (χ1v) is 12.9. The van der Waals surface area contributed by atoms with Crippen LogP contribution in [0.5, 0.6) is 0 Å². The van der Waals surface area contributed by atoms with E-state index in [0.29, 0.717) is 0 Å². The molecule has 0 spiro atoms. The monoisotopic (exact) mass is 396 g/mol. The minimum atomic E-state index is -2.62.